The Balaban J connectivity index is 1.96. The number of nitrogens with one attached hydrogen (secondary N) is 1. The maximum Gasteiger partial charge on any atom is 0.416 e. The van der Waals surface area contributed by atoms with E-state index in [1.165, 1.54) is 12.1 Å². The van der Waals surface area contributed by atoms with Crippen LogP contribution < -0.4 is 10.1 Å². The van der Waals surface area contributed by atoms with Crippen LogP contribution in [-0.2, 0) is 6.18 Å². The minimum Gasteiger partial charge on any atom is -0.490 e. The van der Waals surface area contributed by atoms with Crippen molar-refractivity contribution in [2.24, 2.45) is 0 Å². The molecule has 0 bridgehead atoms. The first-order valence-corrected chi connectivity index (χ1v) is 7.90. The summed E-state index contributed by atoms with van der Waals surface area (Å²) in [4.78, 5) is 17.0. The maximum absolute atomic E-state index is 12.8. The second-order valence-electron chi connectivity index (χ2n) is 5.58. The molecule has 0 spiro atoms. The van der Waals surface area contributed by atoms with Crippen molar-refractivity contribution < 1.29 is 22.7 Å². The van der Waals surface area contributed by atoms with E-state index in [9.17, 15) is 18.0 Å². The molecule has 3 aromatic rings. The summed E-state index contributed by atoms with van der Waals surface area (Å²) in [6.07, 6.45) is -2.83. The van der Waals surface area contributed by atoms with E-state index in [0.717, 1.165) is 12.1 Å². The van der Waals surface area contributed by atoms with Gasteiger partial charge in [0.25, 0.3) is 5.91 Å². The molecule has 1 aromatic carbocycles. The van der Waals surface area contributed by atoms with Crippen LogP contribution in [0.1, 0.15) is 28.7 Å². The Morgan fingerprint density at radius 3 is 2.73 bits per heavy atom. The van der Waals surface area contributed by atoms with Crippen molar-refractivity contribution in [2.75, 3.05) is 11.9 Å². The zero-order valence-corrected chi connectivity index (χ0v) is 14.1. The molecule has 8 heteroatoms. The molecule has 5 nitrogen and oxygen atoms in total. The Kier molecular flexibility index (Phi) is 4.58. The van der Waals surface area contributed by atoms with Gasteiger partial charge in [-0.1, -0.05) is 6.07 Å². The number of aromatic nitrogens is 2. The fourth-order valence-electron chi connectivity index (χ4n) is 2.66. The molecule has 0 aliphatic heterocycles. The van der Waals surface area contributed by atoms with E-state index in [1.54, 1.807) is 29.7 Å². The lowest BCUT2D eigenvalue weighted by Crippen LogP contribution is -2.16. The standard InChI is InChI=1S/C18H16F3N3O2/c1-3-26-14-8-5-9-24-15(11(2)22-16(14)24)17(25)23-13-7-4-6-12(10-13)18(19,20)21/h4-10H,3H2,1-2H3,(H,23,25). The number of carbonyl (C=O) groups is 1. The van der Waals surface area contributed by atoms with Crippen molar-refractivity contribution in [1.82, 2.24) is 9.38 Å². The smallest absolute Gasteiger partial charge is 0.416 e. The van der Waals surface area contributed by atoms with E-state index < -0.39 is 17.6 Å². The summed E-state index contributed by atoms with van der Waals surface area (Å²) in [5.74, 6) is -0.0285. The van der Waals surface area contributed by atoms with Crippen LogP contribution in [0.5, 0.6) is 5.75 Å². The first-order valence-electron chi connectivity index (χ1n) is 7.90. The van der Waals surface area contributed by atoms with Crippen molar-refractivity contribution in [2.45, 2.75) is 20.0 Å². The highest BCUT2D eigenvalue weighted by molar-refractivity contribution is 6.04. The number of aryl methyl sites for hydroxylation is 1. The molecule has 0 fully saturated rings. The lowest BCUT2D eigenvalue weighted by Gasteiger charge is -2.10. The molecule has 1 amide bonds. The van der Waals surface area contributed by atoms with Gasteiger partial charge in [0.1, 0.15) is 5.69 Å². The van der Waals surface area contributed by atoms with Crippen molar-refractivity contribution in [3.8, 4) is 5.75 Å². The van der Waals surface area contributed by atoms with Gasteiger partial charge >= 0.3 is 6.18 Å². The number of anilines is 1. The lowest BCUT2D eigenvalue weighted by molar-refractivity contribution is -0.137. The van der Waals surface area contributed by atoms with Crippen LogP contribution in [0, 0.1) is 6.92 Å². The molecular formula is C18H16F3N3O2. The topological polar surface area (TPSA) is 55.6 Å². The number of amides is 1. The minimum absolute atomic E-state index is 0.0557. The summed E-state index contributed by atoms with van der Waals surface area (Å²) in [6, 6.07) is 7.93. The second-order valence-corrected chi connectivity index (χ2v) is 5.58. The van der Waals surface area contributed by atoms with Gasteiger partial charge in [0.05, 0.1) is 17.9 Å². The number of benzene rings is 1. The number of nitrogens with zero attached hydrogens (tertiary/aromatic N) is 2. The van der Waals surface area contributed by atoms with Gasteiger partial charge < -0.3 is 10.1 Å². The van der Waals surface area contributed by atoms with Crippen LogP contribution in [-0.4, -0.2) is 21.9 Å². The molecule has 0 unspecified atom stereocenters. The Labute approximate surface area is 147 Å². The van der Waals surface area contributed by atoms with E-state index in [0.29, 0.717) is 23.7 Å². The van der Waals surface area contributed by atoms with Crippen LogP contribution in [0.15, 0.2) is 42.6 Å². The van der Waals surface area contributed by atoms with Gasteiger partial charge in [-0.3, -0.25) is 9.20 Å². The zero-order chi connectivity index (χ0) is 18.9. The maximum atomic E-state index is 12.8. The SMILES string of the molecule is CCOc1cccn2c(C(=O)Nc3cccc(C(F)(F)F)c3)c(C)nc12. The molecule has 2 aromatic heterocycles. The van der Waals surface area contributed by atoms with Gasteiger partial charge in [0.15, 0.2) is 11.4 Å². The van der Waals surface area contributed by atoms with Gasteiger partial charge in [-0.05, 0) is 44.2 Å². The van der Waals surface area contributed by atoms with Crippen molar-refractivity contribution >= 4 is 17.2 Å². The number of fused-ring (bicyclic) bond motifs is 1. The fraction of sp³-hybridized carbons (Fsp3) is 0.222. The second kappa shape index (κ2) is 6.70. The Morgan fingerprint density at radius 1 is 1.27 bits per heavy atom. The lowest BCUT2D eigenvalue weighted by atomic mass is 10.2. The number of halogens is 3. The van der Waals surface area contributed by atoms with E-state index in [4.69, 9.17) is 4.74 Å². The third-order valence-corrected chi connectivity index (χ3v) is 3.75. The van der Waals surface area contributed by atoms with Gasteiger partial charge in [-0.25, -0.2) is 4.98 Å². The summed E-state index contributed by atoms with van der Waals surface area (Å²) in [6.45, 7) is 3.93. The summed E-state index contributed by atoms with van der Waals surface area (Å²) in [7, 11) is 0. The number of imidazole rings is 1. The molecule has 0 radical (unpaired) electrons. The molecule has 26 heavy (non-hydrogen) atoms. The van der Waals surface area contributed by atoms with Gasteiger partial charge in [0.2, 0.25) is 0 Å². The number of carbonyl (C=O) groups excluding carboxylic acids is 1. The highest BCUT2D eigenvalue weighted by Crippen LogP contribution is 2.31. The quantitative estimate of drug-likeness (QED) is 0.751. The predicted molar refractivity (Wildman–Crippen MR) is 90.5 cm³/mol. The molecule has 0 aliphatic carbocycles. The number of alkyl halides is 3. The van der Waals surface area contributed by atoms with E-state index in [1.807, 2.05) is 6.92 Å². The normalized spacial score (nSPS) is 11.6. The number of pyridine rings is 1. The molecule has 0 saturated heterocycles. The third-order valence-electron chi connectivity index (χ3n) is 3.75. The van der Waals surface area contributed by atoms with Crippen LogP contribution >= 0.6 is 0 Å². The van der Waals surface area contributed by atoms with Gasteiger partial charge in [0, 0.05) is 11.9 Å². The molecule has 136 valence electrons. The van der Waals surface area contributed by atoms with Crippen LogP contribution in [0.3, 0.4) is 0 Å². The van der Waals surface area contributed by atoms with E-state index >= 15 is 0 Å². The number of hydrogen-bond acceptors (Lipinski definition) is 3. The van der Waals surface area contributed by atoms with Gasteiger partial charge in [-0.15, -0.1) is 0 Å². The summed E-state index contributed by atoms with van der Waals surface area (Å²) in [5.41, 5.74) is 0.380. The number of ether oxygens (including phenoxy) is 1. The van der Waals surface area contributed by atoms with Gasteiger partial charge in [-0.2, -0.15) is 13.2 Å². The van der Waals surface area contributed by atoms with Crippen molar-refractivity contribution in [3.05, 3.63) is 59.5 Å². The molecule has 0 aliphatic rings. The van der Waals surface area contributed by atoms with E-state index in [-0.39, 0.29) is 11.4 Å². The zero-order valence-electron chi connectivity index (χ0n) is 14.1. The summed E-state index contributed by atoms with van der Waals surface area (Å²) in [5, 5.41) is 2.50. The van der Waals surface area contributed by atoms with Crippen LogP contribution in [0.2, 0.25) is 0 Å². The first kappa shape index (κ1) is 17.8. The molecule has 2 heterocycles. The Hall–Kier alpha value is -3.03. The summed E-state index contributed by atoms with van der Waals surface area (Å²) >= 11 is 0. The molecule has 0 atom stereocenters. The molecular weight excluding hydrogens is 347 g/mol. The largest absolute Gasteiger partial charge is 0.490 e. The average molecular weight is 363 g/mol. The fourth-order valence-corrected chi connectivity index (χ4v) is 2.66. The number of rotatable bonds is 4. The van der Waals surface area contributed by atoms with E-state index in [2.05, 4.69) is 10.3 Å². The molecule has 1 N–H and O–H groups in total. The Bertz CT molecular complexity index is 964. The minimum atomic E-state index is -4.48. The Morgan fingerprint density at radius 2 is 2.04 bits per heavy atom. The highest BCUT2D eigenvalue weighted by Gasteiger charge is 2.30. The predicted octanol–water partition coefficient (Wildman–Crippen LogP) is 4.31. The first-order chi connectivity index (χ1) is 12.3. The number of hydrogen-bond donors (Lipinski definition) is 1. The average Bonchev–Trinajstić information content (AvgIpc) is 2.91. The highest BCUT2D eigenvalue weighted by atomic mass is 19.4. The molecule has 3 rings (SSSR count). The summed E-state index contributed by atoms with van der Waals surface area (Å²) < 4.78 is 45.5. The monoisotopic (exact) mass is 363 g/mol. The van der Waals surface area contributed by atoms with Crippen LogP contribution in [0.4, 0.5) is 18.9 Å². The van der Waals surface area contributed by atoms with Crippen molar-refractivity contribution in [3.63, 3.8) is 0 Å². The molecule has 0 saturated carbocycles. The van der Waals surface area contributed by atoms with Crippen molar-refractivity contribution in [1.29, 1.82) is 0 Å². The van der Waals surface area contributed by atoms with Crippen LogP contribution in [0.25, 0.3) is 5.65 Å². The third kappa shape index (κ3) is 3.35.